The fourth-order valence-electron chi connectivity index (χ4n) is 3.49. The van der Waals surface area contributed by atoms with E-state index in [1.807, 2.05) is 78.9 Å². The van der Waals surface area contributed by atoms with E-state index < -0.39 is 17.9 Å². The van der Waals surface area contributed by atoms with Crippen LogP contribution < -0.4 is 10.1 Å². The van der Waals surface area contributed by atoms with Crippen molar-refractivity contribution in [3.63, 3.8) is 0 Å². The van der Waals surface area contributed by atoms with Gasteiger partial charge < -0.3 is 15.2 Å². The first-order valence-electron chi connectivity index (χ1n) is 10.5. The minimum Gasteiger partial charge on any atom is -0.489 e. The number of rotatable bonds is 8. The van der Waals surface area contributed by atoms with Crippen molar-refractivity contribution in [1.82, 2.24) is 5.32 Å². The van der Waals surface area contributed by atoms with Crippen LogP contribution >= 0.6 is 15.9 Å². The van der Waals surface area contributed by atoms with Gasteiger partial charge in [-0.2, -0.15) is 0 Å². The quantitative estimate of drug-likeness (QED) is 0.327. The topological polar surface area (TPSA) is 75.6 Å². The van der Waals surface area contributed by atoms with Crippen LogP contribution in [-0.2, 0) is 17.8 Å². The van der Waals surface area contributed by atoms with Crippen molar-refractivity contribution in [2.24, 2.45) is 0 Å². The van der Waals surface area contributed by atoms with Gasteiger partial charge >= 0.3 is 5.97 Å². The number of carboxylic acids is 1. The van der Waals surface area contributed by atoms with E-state index in [4.69, 9.17) is 4.74 Å². The van der Waals surface area contributed by atoms with Crippen molar-refractivity contribution >= 4 is 38.6 Å². The zero-order valence-corrected chi connectivity index (χ0v) is 19.3. The molecule has 0 radical (unpaired) electrons. The molecule has 166 valence electrons. The third-order valence-electron chi connectivity index (χ3n) is 5.28. The van der Waals surface area contributed by atoms with Gasteiger partial charge in [0.1, 0.15) is 18.4 Å². The van der Waals surface area contributed by atoms with Crippen LogP contribution in [0.25, 0.3) is 10.8 Å². The van der Waals surface area contributed by atoms with Gasteiger partial charge in [-0.15, -0.1) is 0 Å². The molecule has 0 saturated carbocycles. The lowest BCUT2D eigenvalue weighted by atomic mass is 10.0. The largest absolute Gasteiger partial charge is 0.489 e. The number of hydrogen-bond donors (Lipinski definition) is 2. The number of ether oxygens (including phenoxy) is 1. The van der Waals surface area contributed by atoms with Crippen LogP contribution in [0.15, 0.2) is 95.5 Å². The Hall–Kier alpha value is -3.64. The molecule has 0 unspecified atom stereocenters. The third-order valence-corrected chi connectivity index (χ3v) is 5.81. The highest BCUT2D eigenvalue weighted by Gasteiger charge is 2.21. The number of hydrogen-bond acceptors (Lipinski definition) is 3. The lowest BCUT2D eigenvalue weighted by Crippen LogP contribution is -2.42. The number of halogens is 1. The molecule has 33 heavy (non-hydrogen) atoms. The number of fused-ring (bicyclic) bond motifs is 1. The molecule has 1 atom stereocenters. The zero-order valence-electron chi connectivity index (χ0n) is 17.7. The smallest absolute Gasteiger partial charge is 0.326 e. The Morgan fingerprint density at radius 1 is 0.848 bits per heavy atom. The summed E-state index contributed by atoms with van der Waals surface area (Å²) in [6, 6.07) is 27.2. The monoisotopic (exact) mass is 503 g/mol. The molecule has 0 heterocycles. The second kappa shape index (κ2) is 10.3. The Labute approximate surface area is 200 Å². The first-order valence-corrected chi connectivity index (χ1v) is 11.3. The maximum absolute atomic E-state index is 12.8. The lowest BCUT2D eigenvalue weighted by Gasteiger charge is -2.15. The summed E-state index contributed by atoms with van der Waals surface area (Å²) >= 11 is 3.36. The Balaban J connectivity index is 1.44. The number of nitrogens with one attached hydrogen (secondary N) is 1. The summed E-state index contributed by atoms with van der Waals surface area (Å²) in [5, 5.41) is 14.0. The molecule has 6 heteroatoms. The second-order valence-electron chi connectivity index (χ2n) is 7.69. The van der Waals surface area contributed by atoms with Crippen LogP contribution in [0.4, 0.5) is 0 Å². The van der Waals surface area contributed by atoms with Gasteiger partial charge in [0.2, 0.25) is 0 Å². The Bertz CT molecular complexity index is 1270. The average Bonchev–Trinajstić information content (AvgIpc) is 2.83. The molecule has 4 aromatic rings. The summed E-state index contributed by atoms with van der Waals surface area (Å²) in [7, 11) is 0. The maximum atomic E-state index is 12.8. The van der Waals surface area contributed by atoms with Gasteiger partial charge in [-0.3, -0.25) is 4.79 Å². The molecule has 4 aromatic carbocycles. The number of amides is 1. The van der Waals surface area contributed by atoms with Crippen LogP contribution in [0, 0.1) is 0 Å². The predicted octanol–water partition coefficient (Wildman–Crippen LogP) is 5.61. The molecular formula is C27H22BrNO4. The molecular weight excluding hydrogens is 482 g/mol. The summed E-state index contributed by atoms with van der Waals surface area (Å²) in [5.41, 5.74) is 2.32. The Kier molecular flexibility index (Phi) is 7.05. The summed E-state index contributed by atoms with van der Waals surface area (Å²) in [6.07, 6.45) is 0.198. The summed E-state index contributed by atoms with van der Waals surface area (Å²) in [5.74, 6) is -0.762. The van der Waals surface area contributed by atoms with Crippen molar-refractivity contribution in [3.8, 4) is 5.75 Å². The van der Waals surface area contributed by atoms with Gasteiger partial charge in [0.05, 0.1) is 0 Å². The van der Waals surface area contributed by atoms with Gasteiger partial charge in [0.15, 0.2) is 0 Å². The number of aliphatic carboxylic acids is 1. The van der Waals surface area contributed by atoms with Crippen LogP contribution in [0.2, 0.25) is 0 Å². The standard InChI is InChI=1S/C27H22BrNO4/c28-23-11-6-18(7-12-23)14-25(27(31)32)29-26(30)22-9-8-21-16-24(13-10-20(21)15-22)33-17-19-4-2-1-3-5-19/h1-13,15-16,25H,14,17H2,(H,29,30)(H,31,32)/t25-/m0/s1. The van der Waals surface area contributed by atoms with Crippen LogP contribution in [0.3, 0.4) is 0 Å². The third kappa shape index (κ3) is 5.99. The van der Waals surface area contributed by atoms with Crippen molar-refractivity contribution < 1.29 is 19.4 Å². The zero-order chi connectivity index (χ0) is 23.2. The fourth-order valence-corrected chi connectivity index (χ4v) is 3.76. The highest BCUT2D eigenvalue weighted by atomic mass is 79.9. The molecule has 0 spiro atoms. The van der Waals surface area contributed by atoms with E-state index in [0.29, 0.717) is 12.2 Å². The predicted molar refractivity (Wildman–Crippen MR) is 131 cm³/mol. The molecule has 0 aliphatic heterocycles. The van der Waals surface area contributed by atoms with E-state index >= 15 is 0 Å². The normalized spacial score (nSPS) is 11.7. The van der Waals surface area contributed by atoms with Crippen LogP contribution in [0.5, 0.6) is 5.75 Å². The first kappa shape index (κ1) is 22.6. The molecule has 1 amide bonds. The molecule has 5 nitrogen and oxygen atoms in total. The second-order valence-corrected chi connectivity index (χ2v) is 8.61. The number of benzene rings is 4. The van der Waals surface area contributed by atoms with E-state index in [1.165, 1.54) is 0 Å². The Morgan fingerprint density at radius 2 is 1.55 bits per heavy atom. The van der Waals surface area contributed by atoms with Gasteiger partial charge in [-0.25, -0.2) is 4.79 Å². The van der Waals surface area contributed by atoms with Crippen molar-refractivity contribution in [2.75, 3.05) is 0 Å². The molecule has 0 saturated heterocycles. The van der Waals surface area contributed by atoms with E-state index in [0.717, 1.165) is 32.1 Å². The molecule has 0 aromatic heterocycles. The minimum absolute atomic E-state index is 0.198. The lowest BCUT2D eigenvalue weighted by molar-refractivity contribution is -0.139. The summed E-state index contributed by atoms with van der Waals surface area (Å²) in [4.78, 5) is 24.5. The van der Waals surface area contributed by atoms with E-state index in [-0.39, 0.29) is 6.42 Å². The molecule has 4 rings (SSSR count). The molecule has 0 bridgehead atoms. The van der Waals surface area contributed by atoms with Gasteiger partial charge in [0.25, 0.3) is 5.91 Å². The van der Waals surface area contributed by atoms with Crippen molar-refractivity contribution in [2.45, 2.75) is 19.1 Å². The number of carbonyl (C=O) groups is 2. The van der Waals surface area contributed by atoms with E-state index in [1.54, 1.807) is 12.1 Å². The highest BCUT2D eigenvalue weighted by Crippen LogP contribution is 2.23. The highest BCUT2D eigenvalue weighted by molar-refractivity contribution is 9.10. The van der Waals surface area contributed by atoms with E-state index in [9.17, 15) is 14.7 Å². The minimum atomic E-state index is -1.08. The van der Waals surface area contributed by atoms with Gasteiger partial charge in [0, 0.05) is 16.5 Å². The molecule has 2 N–H and O–H groups in total. The average molecular weight is 504 g/mol. The first-order chi connectivity index (χ1) is 16.0. The SMILES string of the molecule is O=C(N[C@@H](Cc1ccc(Br)cc1)C(=O)O)c1ccc2cc(OCc3ccccc3)ccc2c1. The van der Waals surface area contributed by atoms with Crippen molar-refractivity contribution in [3.05, 3.63) is 112 Å². The maximum Gasteiger partial charge on any atom is 0.326 e. The molecule has 0 aliphatic rings. The number of carbonyl (C=O) groups excluding carboxylic acids is 1. The fraction of sp³-hybridized carbons (Fsp3) is 0.111. The molecule has 0 fully saturated rings. The van der Waals surface area contributed by atoms with Gasteiger partial charge in [-0.05, 0) is 58.3 Å². The van der Waals surface area contributed by atoms with E-state index in [2.05, 4.69) is 21.2 Å². The summed E-state index contributed by atoms with van der Waals surface area (Å²) in [6.45, 7) is 0.474. The number of carboxylic acid groups (broad SMARTS) is 1. The molecule has 0 aliphatic carbocycles. The van der Waals surface area contributed by atoms with Crippen molar-refractivity contribution in [1.29, 1.82) is 0 Å². The van der Waals surface area contributed by atoms with Crippen LogP contribution in [-0.4, -0.2) is 23.0 Å². The van der Waals surface area contributed by atoms with Crippen LogP contribution in [0.1, 0.15) is 21.5 Å². The Morgan fingerprint density at radius 3 is 2.27 bits per heavy atom. The van der Waals surface area contributed by atoms with Gasteiger partial charge in [-0.1, -0.05) is 70.5 Å². The summed E-state index contributed by atoms with van der Waals surface area (Å²) < 4.78 is 6.78.